The minimum absolute atomic E-state index is 0.0403. The summed E-state index contributed by atoms with van der Waals surface area (Å²) in [4.78, 5) is 17.3. The van der Waals surface area contributed by atoms with Gasteiger partial charge < -0.3 is 18.9 Å². The molecule has 0 spiro atoms. The number of pyridine rings is 2. The maximum Gasteiger partial charge on any atom is 0.251 e. The summed E-state index contributed by atoms with van der Waals surface area (Å²) in [5.41, 5.74) is 3.67. The quantitative estimate of drug-likeness (QED) is 0.474. The van der Waals surface area contributed by atoms with Crippen molar-refractivity contribution in [1.29, 1.82) is 0 Å². The van der Waals surface area contributed by atoms with Crippen molar-refractivity contribution in [2.75, 3.05) is 13.2 Å². The Morgan fingerprint density at radius 3 is 2.63 bits per heavy atom. The van der Waals surface area contributed by atoms with Crippen LogP contribution in [0.2, 0.25) is 0 Å². The lowest BCUT2D eigenvalue weighted by atomic mass is 9.98. The van der Waals surface area contributed by atoms with E-state index in [1.54, 1.807) is 16.8 Å². The van der Waals surface area contributed by atoms with Crippen LogP contribution in [0.25, 0.3) is 22.0 Å². The second-order valence-corrected chi connectivity index (χ2v) is 7.08. The van der Waals surface area contributed by atoms with Crippen molar-refractivity contribution >= 4 is 10.9 Å². The van der Waals surface area contributed by atoms with Crippen LogP contribution in [-0.4, -0.2) is 33.0 Å². The Morgan fingerprint density at radius 2 is 1.93 bits per heavy atom. The van der Waals surface area contributed by atoms with Crippen LogP contribution < -0.4 is 10.3 Å². The first-order chi connectivity index (χ1) is 14.6. The third-order valence-corrected chi connectivity index (χ3v) is 5.00. The lowest BCUT2D eigenvalue weighted by molar-refractivity contribution is 0.234. The third kappa shape index (κ3) is 3.71. The Hall–Kier alpha value is -3.45. The summed E-state index contributed by atoms with van der Waals surface area (Å²) in [6, 6.07) is 12.8. The van der Waals surface area contributed by atoms with Gasteiger partial charge in [0.25, 0.3) is 5.56 Å². The average Bonchev–Trinajstić information content (AvgIpc) is 3.09. The van der Waals surface area contributed by atoms with Gasteiger partial charge in [0.2, 0.25) is 0 Å². The normalized spacial score (nSPS) is 11.2. The molecule has 0 saturated carbocycles. The summed E-state index contributed by atoms with van der Waals surface area (Å²) in [6.07, 6.45) is 2.22. The fourth-order valence-corrected chi connectivity index (χ4v) is 3.63. The lowest BCUT2D eigenvalue weighted by Gasteiger charge is -2.18. The van der Waals surface area contributed by atoms with E-state index in [1.165, 1.54) is 0 Å². The Bertz CT molecular complexity index is 1210. The van der Waals surface area contributed by atoms with Gasteiger partial charge in [-0.1, -0.05) is 11.2 Å². The summed E-state index contributed by atoms with van der Waals surface area (Å²) in [5, 5.41) is 14.1. The monoisotopic (exact) mass is 405 g/mol. The molecule has 1 N–H and O–H groups in total. The van der Waals surface area contributed by atoms with E-state index in [-0.39, 0.29) is 12.2 Å². The van der Waals surface area contributed by atoms with Crippen molar-refractivity contribution in [2.45, 2.75) is 26.8 Å². The molecular formula is C23H23N3O4. The standard InChI is InChI=1S/C23H23N3O4/c1-15-21(16(2)30-25-15)22-19(29-13-5-12-27)9-7-17-8-10-20(28)26(23(17)22)14-18-6-3-4-11-24-18/h3-4,6-11,27H,5,12-14H2,1-2H3. The van der Waals surface area contributed by atoms with E-state index >= 15 is 0 Å². The summed E-state index contributed by atoms with van der Waals surface area (Å²) in [5.74, 6) is 1.26. The highest BCUT2D eigenvalue weighted by molar-refractivity contribution is 5.98. The lowest BCUT2D eigenvalue weighted by Crippen LogP contribution is -2.21. The highest BCUT2D eigenvalue weighted by atomic mass is 16.5. The zero-order valence-electron chi connectivity index (χ0n) is 17.0. The Balaban J connectivity index is 2.01. The molecule has 154 valence electrons. The topological polar surface area (TPSA) is 90.4 Å². The van der Waals surface area contributed by atoms with E-state index in [9.17, 15) is 4.79 Å². The van der Waals surface area contributed by atoms with Crippen molar-refractivity contribution in [3.8, 4) is 16.9 Å². The highest BCUT2D eigenvalue weighted by Crippen LogP contribution is 2.40. The fourth-order valence-electron chi connectivity index (χ4n) is 3.63. The predicted octanol–water partition coefficient (Wildman–Crippen LogP) is 3.48. The molecule has 0 saturated heterocycles. The van der Waals surface area contributed by atoms with Gasteiger partial charge in [-0.05, 0) is 49.6 Å². The van der Waals surface area contributed by atoms with E-state index in [0.29, 0.717) is 36.8 Å². The highest BCUT2D eigenvalue weighted by Gasteiger charge is 2.22. The molecular weight excluding hydrogens is 382 g/mol. The molecule has 30 heavy (non-hydrogen) atoms. The summed E-state index contributed by atoms with van der Waals surface area (Å²) >= 11 is 0. The third-order valence-electron chi connectivity index (χ3n) is 5.00. The van der Waals surface area contributed by atoms with Gasteiger partial charge >= 0.3 is 0 Å². The van der Waals surface area contributed by atoms with Gasteiger partial charge in [0.1, 0.15) is 11.5 Å². The van der Waals surface area contributed by atoms with Gasteiger partial charge in [-0.25, -0.2) is 0 Å². The number of ether oxygens (including phenoxy) is 1. The maximum atomic E-state index is 12.9. The van der Waals surface area contributed by atoms with Gasteiger partial charge in [-0.2, -0.15) is 0 Å². The number of fused-ring (bicyclic) bond motifs is 1. The number of aryl methyl sites for hydroxylation is 2. The Kier molecular flexibility index (Phi) is 5.63. The maximum absolute atomic E-state index is 12.9. The molecule has 0 amide bonds. The van der Waals surface area contributed by atoms with Crippen molar-refractivity contribution in [1.82, 2.24) is 14.7 Å². The number of rotatable bonds is 7. The van der Waals surface area contributed by atoms with Crippen molar-refractivity contribution in [2.24, 2.45) is 0 Å². The van der Waals surface area contributed by atoms with Gasteiger partial charge in [0.15, 0.2) is 0 Å². The molecule has 3 heterocycles. The number of aromatic nitrogens is 3. The molecule has 0 atom stereocenters. The second-order valence-electron chi connectivity index (χ2n) is 7.08. The summed E-state index contributed by atoms with van der Waals surface area (Å²) in [6.45, 7) is 4.43. The molecule has 0 fully saturated rings. The average molecular weight is 405 g/mol. The van der Waals surface area contributed by atoms with E-state index in [0.717, 1.165) is 27.7 Å². The van der Waals surface area contributed by atoms with Crippen LogP contribution in [0, 0.1) is 13.8 Å². The van der Waals surface area contributed by atoms with Crippen molar-refractivity contribution < 1.29 is 14.4 Å². The van der Waals surface area contributed by atoms with E-state index in [4.69, 9.17) is 14.4 Å². The molecule has 3 aromatic heterocycles. The van der Waals surface area contributed by atoms with Crippen molar-refractivity contribution in [3.63, 3.8) is 0 Å². The van der Waals surface area contributed by atoms with E-state index in [2.05, 4.69) is 10.1 Å². The molecule has 1 aromatic carbocycles. The molecule has 0 aliphatic rings. The summed E-state index contributed by atoms with van der Waals surface area (Å²) in [7, 11) is 0. The zero-order chi connectivity index (χ0) is 21.1. The minimum Gasteiger partial charge on any atom is -0.493 e. The van der Waals surface area contributed by atoms with Gasteiger partial charge in [0, 0.05) is 25.3 Å². The molecule has 7 nitrogen and oxygen atoms in total. The van der Waals surface area contributed by atoms with Crippen LogP contribution in [-0.2, 0) is 6.54 Å². The van der Waals surface area contributed by atoms with Crippen LogP contribution in [0.15, 0.2) is 58.0 Å². The molecule has 7 heteroatoms. The molecule has 0 aliphatic carbocycles. The summed E-state index contributed by atoms with van der Waals surface area (Å²) < 4.78 is 13.1. The zero-order valence-corrected chi connectivity index (χ0v) is 17.0. The minimum atomic E-state index is -0.131. The van der Waals surface area contributed by atoms with Crippen LogP contribution >= 0.6 is 0 Å². The van der Waals surface area contributed by atoms with Crippen LogP contribution in [0.5, 0.6) is 5.75 Å². The van der Waals surface area contributed by atoms with Crippen LogP contribution in [0.1, 0.15) is 23.6 Å². The Morgan fingerprint density at radius 1 is 1.10 bits per heavy atom. The molecule has 0 aliphatic heterocycles. The van der Waals surface area contributed by atoms with Crippen molar-refractivity contribution in [3.05, 3.63) is 76.2 Å². The van der Waals surface area contributed by atoms with Gasteiger partial charge in [-0.15, -0.1) is 0 Å². The number of hydrogen-bond acceptors (Lipinski definition) is 6. The number of aliphatic hydroxyl groups excluding tert-OH is 1. The van der Waals surface area contributed by atoms with Gasteiger partial charge in [0.05, 0.1) is 41.2 Å². The van der Waals surface area contributed by atoms with E-state index < -0.39 is 0 Å². The second kappa shape index (κ2) is 8.51. The smallest absolute Gasteiger partial charge is 0.251 e. The largest absolute Gasteiger partial charge is 0.493 e. The predicted molar refractivity (Wildman–Crippen MR) is 114 cm³/mol. The van der Waals surface area contributed by atoms with E-state index in [1.807, 2.05) is 50.2 Å². The fraction of sp³-hybridized carbons (Fsp3) is 0.261. The molecule has 4 rings (SSSR count). The number of benzene rings is 1. The van der Waals surface area contributed by atoms with Crippen LogP contribution in [0.3, 0.4) is 0 Å². The number of nitrogens with zero attached hydrogens (tertiary/aromatic N) is 3. The first kappa shape index (κ1) is 19.8. The number of hydrogen-bond donors (Lipinski definition) is 1. The first-order valence-electron chi connectivity index (χ1n) is 9.83. The molecule has 0 radical (unpaired) electrons. The number of aliphatic hydroxyl groups is 1. The first-order valence-corrected chi connectivity index (χ1v) is 9.83. The van der Waals surface area contributed by atoms with Gasteiger partial charge in [-0.3, -0.25) is 9.78 Å². The SMILES string of the molecule is Cc1noc(C)c1-c1c(OCCCO)ccc2ccc(=O)n(Cc3ccccn3)c12. The molecule has 0 unspecified atom stereocenters. The Labute approximate surface area is 173 Å². The molecule has 4 aromatic rings. The van der Waals surface area contributed by atoms with Crippen LogP contribution in [0.4, 0.5) is 0 Å². The molecule has 0 bridgehead atoms.